The number of nitro groups is 1. The maximum Gasteiger partial charge on any atom is 0.509 e. The number of allylic oxidation sites excluding steroid dienone is 4. The maximum atomic E-state index is 13.3. The maximum absolute atomic E-state index is 13.3. The van der Waals surface area contributed by atoms with E-state index in [0.29, 0.717) is 17.8 Å². The molecule has 0 unspecified atom stereocenters. The van der Waals surface area contributed by atoms with E-state index in [9.17, 15) is 24.5 Å². The number of Topliss-reactive ketones (excluding diaryl/α,β-unsaturated/α-hetero) is 1. The van der Waals surface area contributed by atoms with E-state index in [0.717, 1.165) is 38.5 Å². The van der Waals surface area contributed by atoms with Crippen molar-refractivity contribution in [2.45, 2.75) is 59.0 Å². The number of nitrogens with zero attached hydrogens (tertiary/aromatic N) is 1. The van der Waals surface area contributed by atoms with Crippen LogP contribution in [0.2, 0.25) is 0 Å². The molecule has 6 atom stereocenters. The molecule has 0 bridgehead atoms. The molecule has 202 valence electrons. The van der Waals surface area contributed by atoms with Gasteiger partial charge in [0.1, 0.15) is 6.61 Å². The number of nitro benzene ring substituents is 1. The molecule has 0 spiro atoms. The van der Waals surface area contributed by atoms with Crippen LogP contribution in [0.5, 0.6) is 0 Å². The summed E-state index contributed by atoms with van der Waals surface area (Å²) in [5, 5.41) is 11.3. The summed E-state index contributed by atoms with van der Waals surface area (Å²) in [7, 11) is 0. The Bertz CT molecular complexity index is 1260. The largest absolute Gasteiger partial charge is 0.509 e. The topological polar surface area (TPSA) is 113 Å². The van der Waals surface area contributed by atoms with Crippen molar-refractivity contribution in [2.75, 3.05) is 6.61 Å². The van der Waals surface area contributed by atoms with Gasteiger partial charge in [-0.25, -0.2) is 4.79 Å². The van der Waals surface area contributed by atoms with Crippen LogP contribution in [0.15, 0.2) is 46.5 Å². The van der Waals surface area contributed by atoms with Crippen molar-refractivity contribution in [2.24, 2.45) is 34.5 Å². The van der Waals surface area contributed by atoms with Crippen LogP contribution in [0, 0.1) is 44.6 Å². The molecule has 0 heterocycles. The van der Waals surface area contributed by atoms with Gasteiger partial charge >= 0.3 is 6.16 Å². The van der Waals surface area contributed by atoms with Gasteiger partial charge in [-0.15, -0.1) is 0 Å². The molecule has 0 aliphatic heterocycles. The van der Waals surface area contributed by atoms with Gasteiger partial charge in [0.05, 0.1) is 15.0 Å². The second-order valence-corrected chi connectivity index (χ2v) is 12.4. The quantitative estimate of drug-likeness (QED) is 0.212. The van der Waals surface area contributed by atoms with E-state index in [4.69, 9.17) is 9.47 Å². The fourth-order valence-electron chi connectivity index (χ4n) is 8.02. The molecule has 8 nitrogen and oxygen atoms in total. The minimum absolute atomic E-state index is 0.0801. The fourth-order valence-corrected chi connectivity index (χ4v) is 8.57. The predicted octanol–water partition coefficient (Wildman–Crippen LogP) is 6.50. The number of fused-ring (bicyclic) bond motifs is 5. The Balaban J connectivity index is 1.20. The molecule has 0 saturated heterocycles. The van der Waals surface area contributed by atoms with Crippen LogP contribution < -0.4 is 0 Å². The Hall–Kier alpha value is -2.81. The molecule has 0 aromatic heterocycles. The molecule has 0 amide bonds. The first-order valence-corrected chi connectivity index (χ1v) is 14.0. The number of hydrogen-bond acceptors (Lipinski definition) is 7. The van der Waals surface area contributed by atoms with Crippen molar-refractivity contribution < 1.29 is 28.8 Å². The number of rotatable bonds is 6. The molecule has 3 saturated carbocycles. The van der Waals surface area contributed by atoms with E-state index in [1.807, 2.05) is 6.08 Å². The van der Waals surface area contributed by atoms with Gasteiger partial charge in [0.15, 0.2) is 18.2 Å². The lowest BCUT2D eigenvalue weighted by atomic mass is 9.47. The summed E-state index contributed by atoms with van der Waals surface area (Å²) in [5.41, 5.74) is 1.07. The van der Waals surface area contributed by atoms with Gasteiger partial charge in [0.2, 0.25) is 0 Å². The number of benzene rings is 1. The molecule has 1 aromatic carbocycles. The zero-order valence-electron chi connectivity index (χ0n) is 21.6. The zero-order valence-corrected chi connectivity index (χ0v) is 23.2. The van der Waals surface area contributed by atoms with Gasteiger partial charge in [-0.05, 0) is 102 Å². The first-order chi connectivity index (χ1) is 18.0. The number of hydrogen-bond donors (Lipinski definition) is 0. The molecule has 0 radical (unpaired) electrons. The van der Waals surface area contributed by atoms with Crippen molar-refractivity contribution in [3.8, 4) is 0 Å². The van der Waals surface area contributed by atoms with Gasteiger partial charge in [-0.3, -0.25) is 19.7 Å². The third-order valence-electron chi connectivity index (χ3n) is 9.88. The second kappa shape index (κ2) is 10.1. The minimum atomic E-state index is -1.02. The molecule has 9 heteroatoms. The number of ether oxygens (including phenoxy) is 2. The summed E-state index contributed by atoms with van der Waals surface area (Å²) in [6.45, 7) is 3.80. The summed E-state index contributed by atoms with van der Waals surface area (Å²) in [6.07, 6.45) is 10.3. The van der Waals surface area contributed by atoms with Crippen molar-refractivity contribution >= 4 is 39.3 Å². The average molecular weight is 586 g/mol. The molecule has 5 rings (SSSR count). The number of halogens is 1. The van der Waals surface area contributed by atoms with Gasteiger partial charge in [0.25, 0.3) is 5.69 Å². The first-order valence-electron chi connectivity index (χ1n) is 13.2. The van der Waals surface area contributed by atoms with E-state index in [-0.39, 0.29) is 57.3 Å². The van der Waals surface area contributed by atoms with Crippen molar-refractivity contribution in [1.29, 1.82) is 0 Å². The SMILES string of the molecule is C[C@]12CC[C@H]3[C@@H](CCC4=CC(=O)C=C[C@@]43C)[C@@H]1CC[C@@H]2C(=O)COC(=O)OCc1cccc(Br)c1[N+](=O)[O-]. The molecule has 38 heavy (non-hydrogen) atoms. The van der Waals surface area contributed by atoms with E-state index in [1.54, 1.807) is 12.1 Å². The van der Waals surface area contributed by atoms with Gasteiger partial charge in [0, 0.05) is 11.3 Å². The highest BCUT2D eigenvalue weighted by Crippen LogP contribution is 2.66. The Labute approximate surface area is 230 Å². The van der Waals surface area contributed by atoms with Gasteiger partial charge < -0.3 is 9.47 Å². The zero-order chi connectivity index (χ0) is 27.2. The number of carbonyl (C=O) groups is 3. The van der Waals surface area contributed by atoms with Crippen LogP contribution in [0.25, 0.3) is 0 Å². The number of para-hydroxylation sites is 1. The molecule has 4 aliphatic carbocycles. The van der Waals surface area contributed by atoms with Crippen molar-refractivity contribution in [1.82, 2.24) is 0 Å². The van der Waals surface area contributed by atoms with Crippen LogP contribution in [0.1, 0.15) is 57.9 Å². The van der Waals surface area contributed by atoms with Crippen molar-refractivity contribution in [3.63, 3.8) is 0 Å². The van der Waals surface area contributed by atoms with E-state index >= 15 is 0 Å². The third-order valence-corrected chi connectivity index (χ3v) is 10.5. The number of carbonyl (C=O) groups excluding carboxylic acids is 3. The summed E-state index contributed by atoms with van der Waals surface area (Å²) < 4.78 is 10.5. The lowest BCUT2D eigenvalue weighted by molar-refractivity contribution is -0.386. The first kappa shape index (κ1) is 26.8. The molecule has 0 N–H and O–H groups in total. The lowest BCUT2D eigenvalue weighted by Crippen LogP contribution is -2.50. The minimum Gasteiger partial charge on any atom is -0.429 e. The van der Waals surface area contributed by atoms with E-state index in [1.165, 1.54) is 17.7 Å². The van der Waals surface area contributed by atoms with Gasteiger partial charge in [-0.2, -0.15) is 0 Å². The van der Waals surface area contributed by atoms with Crippen LogP contribution >= 0.6 is 15.9 Å². The second-order valence-electron chi connectivity index (χ2n) is 11.6. The van der Waals surface area contributed by atoms with E-state index in [2.05, 4.69) is 35.9 Å². The molecule has 3 fully saturated rings. The highest BCUT2D eigenvalue weighted by Gasteiger charge is 2.59. The summed E-state index contributed by atoms with van der Waals surface area (Å²) >= 11 is 3.14. The summed E-state index contributed by atoms with van der Waals surface area (Å²) in [5.74, 6) is 1.19. The van der Waals surface area contributed by atoms with Crippen molar-refractivity contribution in [3.05, 3.63) is 62.2 Å². The Morgan fingerprint density at radius 3 is 2.68 bits per heavy atom. The molecular weight excluding hydrogens is 554 g/mol. The molecule has 1 aromatic rings. The highest BCUT2D eigenvalue weighted by atomic mass is 79.9. The normalized spacial score (nSPS) is 33.4. The van der Waals surface area contributed by atoms with E-state index < -0.39 is 11.1 Å². The smallest absolute Gasteiger partial charge is 0.429 e. The molecule has 4 aliphatic rings. The summed E-state index contributed by atoms with van der Waals surface area (Å²) in [6, 6.07) is 4.66. The lowest BCUT2D eigenvalue weighted by Gasteiger charge is -2.56. The Kier molecular flexibility index (Phi) is 7.09. The van der Waals surface area contributed by atoms with Crippen LogP contribution in [-0.4, -0.2) is 29.3 Å². The average Bonchev–Trinajstić information content (AvgIpc) is 3.23. The Morgan fingerprint density at radius 2 is 1.92 bits per heavy atom. The number of ketones is 2. The fraction of sp³-hybridized carbons (Fsp3) is 0.552. The standard InChI is InChI=1S/C29H32BrNO7/c1-28-12-10-19(32)14-18(28)6-7-20-21-8-9-23(29(21,2)13-11-22(20)28)25(33)16-38-27(34)37-15-17-4-3-5-24(30)26(17)31(35)36/h3-5,10,12,14,20-23H,6-9,11,13,15-16H2,1-2H3/t20-,21-,22-,23+,28-,29-/m0/s1. The Morgan fingerprint density at radius 1 is 1.13 bits per heavy atom. The van der Waals surface area contributed by atoms with Crippen LogP contribution in [0.4, 0.5) is 10.5 Å². The highest BCUT2D eigenvalue weighted by molar-refractivity contribution is 9.10. The van der Waals surface area contributed by atoms with Crippen LogP contribution in [0.3, 0.4) is 0 Å². The van der Waals surface area contributed by atoms with Gasteiger partial charge in [-0.1, -0.05) is 31.6 Å². The molecular formula is C29H32BrNO7. The third kappa shape index (κ3) is 4.52. The monoisotopic (exact) mass is 585 g/mol. The predicted molar refractivity (Wildman–Crippen MR) is 142 cm³/mol. The summed E-state index contributed by atoms with van der Waals surface area (Å²) in [4.78, 5) is 48.3. The van der Waals surface area contributed by atoms with Crippen LogP contribution in [-0.2, 0) is 25.7 Å².